The van der Waals surface area contributed by atoms with Crippen molar-refractivity contribution in [1.82, 2.24) is 25.1 Å². The Morgan fingerprint density at radius 3 is 2.33 bits per heavy atom. The molecule has 1 fully saturated rings. The number of hydrogen-bond acceptors (Lipinski definition) is 6. The average molecular weight is 467 g/mol. The van der Waals surface area contributed by atoms with Crippen LogP contribution in [0.1, 0.15) is 23.2 Å². The van der Waals surface area contributed by atoms with E-state index in [2.05, 4.69) is 30.4 Å². The molecule has 3 aromatic rings. The minimum Gasteiger partial charge on any atom is -0.384 e. The molecule has 0 radical (unpaired) electrons. The smallest absolute Gasteiger partial charge is 0.251 e. The monoisotopic (exact) mass is 466 g/mol. The number of hydrogen-bond donors (Lipinski definition) is 2. The molecule has 0 aliphatic carbocycles. The lowest BCUT2D eigenvalue weighted by Gasteiger charge is -2.34. The van der Waals surface area contributed by atoms with Crippen molar-refractivity contribution >= 4 is 34.1 Å². The first-order chi connectivity index (χ1) is 16.2. The van der Waals surface area contributed by atoms with E-state index >= 15 is 0 Å². The quantitative estimate of drug-likeness (QED) is 0.445. The summed E-state index contributed by atoms with van der Waals surface area (Å²) >= 11 is 6.08. The maximum absolute atomic E-state index is 12.1. The van der Waals surface area contributed by atoms with Gasteiger partial charge in [-0.1, -0.05) is 11.6 Å². The Balaban J connectivity index is 1.09. The Morgan fingerprint density at radius 2 is 1.61 bits per heavy atom. The van der Waals surface area contributed by atoms with Crippen molar-refractivity contribution in [3.05, 3.63) is 65.6 Å². The molecule has 0 atom stereocenters. The molecule has 1 aromatic carbocycles. The fourth-order valence-electron chi connectivity index (χ4n) is 4.15. The number of pyridine rings is 2. The summed E-state index contributed by atoms with van der Waals surface area (Å²) in [4.78, 5) is 25.4. The van der Waals surface area contributed by atoms with Crippen molar-refractivity contribution in [2.45, 2.75) is 12.8 Å². The van der Waals surface area contributed by atoms with Crippen LogP contribution in [-0.4, -0.2) is 78.0 Å². The van der Waals surface area contributed by atoms with Gasteiger partial charge in [0.2, 0.25) is 0 Å². The number of rotatable bonds is 10. The number of nitrogens with one attached hydrogen (secondary N) is 2. The van der Waals surface area contributed by atoms with E-state index in [4.69, 9.17) is 11.6 Å². The molecule has 1 aliphatic heterocycles. The second-order valence-electron chi connectivity index (χ2n) is 8.33. The van der Waals surface area contributed by atoms with Crippen LogP contribution in [0.3, 0.4) is 0 Å². The zero-order valence-corrected chi connectivity index (χ0v) is 19.6. The summed E-state index contributed by atoms with van der Waals surface area (Å²) < 4.78 is 0. The number of aromatic nitrogens is 2. The zero-order chi connectivity index (χ0) is 22.9. The van der Waals surface area contributed by atoms with Crippen LogP contribution in [0.5, 0.6) is 0 Å². The third-order valence-electron chi connectivity index (χ3n) is 6.02. The number of anilines is 1. The molecule has 1 amide bonds. The van der Waals surface area contributed by atoms with Gasteiger partial charge in [-0.3, -0.25) is 14.8 Å². The number of halogens is 1. The van der Waals surface area contributed by atoms with E-state index in [-0.39, 0.29) is 5.91 Å². The molecular formula is C25H31ClN6O. The highest BCUT2D eigenvalue weighted by molar-refractivity contribution is 6.31. The van der Waals surface area contributed by atoms with Crippen molar-refractivity contribution in [2.75, 3.05) is 57.7 Å². The van der Waals surface area contributed by atoms with E-state index in [1.807, 2.05) is 30.5 Å². The fourth-order valence-corrected chi connectivity index (χ4v) is 4.31. The molecule has 3 heterocycles. The molecule has 33 heavy (non-hydrogen) atoms. The van der Waals surface area contributed by atoms with E-state index in [0.29, 0.717) is 17.1 Å². The summed E-state index contributed by atoms with van der Waals surface area (Å²) in [6.45, 7) is 8.11. The molecule has 1 saturated heterocycles. The molecular weight excluding hydrogens is 436 g/mol. The van der Waals surface area contributed by atoms with Crippen molar-refractivity contribution in [1.29, 1.82) is 0 Å². The first-order valence-electron chi connectivity index (χ1n) is 11.6. The number of fused-ring (bicyclic) bond motifs is 1. The van der Waals surface area contributed by atoms with Crippen molar-refractivity contribution in [2.24, 2.45) is 0 Å². The molecule has 8 heteroatoms. The Kier molecular flexibility index (Phi) is 8.47. The van der Waals surface area contributed by atoms with Crippen molar-refractivity contribution in [3.63, 3.8) is 0 Å². The first kappa shape index (κ1) is 23.4. The molecule has 2 N–H and O–H groups in total. The highest BCUT2D eigenvalue weighted by Crippen LogP contribution is 2.24. The zero-order valence-electron chi connectivity index (χ0n) is 18.8. The lowest BCUT2D eigenvalue weighted by Crippen LogP contribution is -2.47. The minimum atomic E-state index is -0.0283. The topological polar surface area (TPSA) is 73.4 Å². The van der Waals surface area contributed by atoms with Gasteiger partial charge >= 0.3 is 0 Å². The summed E-state index contributed by atoms with van der Waals surface area (Å²) in [5.41, 5.74) is 2.69. The largest absolute Gasteiger partial charge is 0.384 e. The SMILES string of the molecule is O=C(NCCCN1CCN(CCCNc2ccnc3cc(Cl)ccc23)CC1)c1ccncc1. The molecule has 2 aromatic heterocycles. The van der Waals surface area contributed by atoms with Gasteiger partial charge in [0, 0.05) is 79.5 Å². The maximum Gasteiger partial charge on any atom is 0.251 e. The summed E-state index contributed by atoms with van der Waals surface area (Å²) in [6.07, 6.45) is 7.17. The van der Waals surface area contributed by atoms with E-state index in [9.17, 15) is 4.79 Å². The second kappa shape index (κ2) is 11.9. The average Bonchev–Trinajstić information content (AvgIpc) is 2.85. The van der Waals surface area contributed by atoms with E-state index in [1.165, 1.54) is 0 Å². The summed E-state index contributed by atoms with van der Waals surface area (Å²) in [6, 6.07) is 11.3. The van der Waals surface area contributed by atoms with E-state index < -0.39 is 0 Å². The number of nitrogens with zero attached hydrogens (tertiary/aromatic N) is 4. The van der Waals surface area contributed by atoms with Gasteiger partial charge in [0.1, 0.15) is 0 Å². The van der Waals surface area contributed by atoms with Gasteiger partial charge in [0.15, 0.2) is 0 Å². The Hall–Kier alpha value is -2.74. The van der Waals surface area contributed by atoms with Crippen LogP contribution >= 0.6 is 11.6 Å². The standard InChI is InChI=1S/C25H31ClN6O/c26-21-3-4-22-23(7-12-29-24(22)19-21)28-8-1-13-31-15-17-32(18-16-31)14-2-9-30-25(33)20-5-10-27-11-6-20/h3-7,10-12,19H,1-2,8-9,13-18H2,(H,28,29)(H,30,33). The van der Waals surface area contributed by atoms with Gasteiger partial charge in [0.05, 0.1) is 5.52 Å². The highest BCUT2D eigenvalue weighted by atomic mass is 35.5. The number of amides is 1. The molecule has 0 spiro atoms. The highest BCUT2D eigenvalue weighted by Gasteiger charge is 2.16. The molecule has 0 saturated carbocycles. The Bertz CT molecular complexity index is 1040. The molecule has 7 nitrogen and oxygen atoms in total. The van der Waals surface area contributed by atoms with Crippen LogP contribution in [-0.2, 0) is 0 Å². The van der Waals surface area contributed by atoms with Gasteiger partial charge in [-0.15, -0.1) is 0 Å². The molecule has 0 unspecified atom stereocenters. The van der Waals surface area contributed by atoms with E-state index in [0.717, 1.165) is 75.2 Å². The van der Waals surface area contributed by atoms with Crippen molar-refractivity contribution < 1.29 is 4.79 Å². The van der Waals surface area contributed by atoms with Crippen LogP contribution in [0.2, 0.25) is 5.02 Å². The Morgan fingerprint density at radius 1 is 0.909 bits per heavy atom. The van der Waals surface area contributed by atoms with Crippen LogP contribution in [0.15, 0.2) is 55.0 Å². The first-order valence-corrected chi connectivity index (χ1v) is 12.0. The van der Waals surface area contributed by atoms with Gasteiger partial charge in [-0.05, 0) is 62.3 Å². The predicted octanol–water partition coefficient (Wildman–Crippen LogP) is 3.52. The van der Waals surface area contributed by atoms with E-state index in [1.54, 1.807) is 24.5 Å². The predicted molar refractivity (Wildman–Crippen MR) is 134 cm³/mol. The summed E-state index contributed by atoms with van der Waals surface area (Å²) in [5, 5.41) is 8.35. The molecule has 0 bridgehead atoms. The van der Waals surface area contributed by atoms with Gasteiger partial charge in [-0.25, -0.2) is 0 Å². The second-order valence-corrected chi connectivity index (χ2v) is 8.77. The molecule has 174 valence electrons. The van der Waals surface area contributed by atoms with Gasteiger partial charge in [0.25, 0.3) is 5.91 Å². The summed E-state index contributed by atoms with van der Waals surface area (Å²) in [7, 11) is 0. The molecule has 4 rings (SSSR count). The lowest BCUT2D eigenvalue weighted by molar-refractivity contribution is 0.0947. The third kappa shape index (κ3) is 6.87. The van der Waals surface area contributed by atoms with Gasteiger partial charge < -0.3 is 20.4 Å². The number of carbonyl (C=O) groups excluding carboxylic acids is 1. The number of benzene rings is 1. The lowest BCUT2D eigenvalue weighted by atomic mass is 10.2. The van der Waals surface area contributed by atoms with Crippen LogP contribution < -0.4 is 10.6 Å². The Labute approximate surface area is 200 Å². The minimum absolute atomic E-state index is 0.0283. The van der Waals surface area contributed by atoms with Gasteiger partial charge in [-0.2, -0.15) is 0 Å². The summed E-state index contributed by atoms with van der Waals surface area (Å²) in [5.74, 6) is -0.0283. The van der Waals surface area contributed by atoms with Crippen LogP contribution in [0, 0.1) is 0 Å². The molecule has 1 aliphatic rings. The van der Waals surface area contributed by atoms with Crippen LogP contribution in [0.4, 0.5) is 5.69 Å². The maximum atomic E-state index is 12.1. The number of piperazine rings is 1. The normalized spacial score (nSPS) is 14.9. The fraction of sp³-hybridized carbons (Fsp3) is 0.400. The third-order valence-corrected chi connectivity index (χ3v) is 6.25. The van der Waals surface area contributed by atoms with Crippen molar-refractivity contribution in [3.8, 4) is 0 Å². The number of carbonyl (C=O) groups is 1. The van der Waals surface area contributed by atoms with Crippen LogP contribution in [0.25, 0.3) is 10.9 Å².